The second-order valence-electron chi connectivity index (χ2n) is 2.60. The van der Waals surface area contributed by atoms with Gasteiger partial charge in [0.1, 0.15) is 0 Å². The molecule has 0 bridgehead atoms. The lowest BCUT2D eigenvalue weighted by atomic mass is 10.3. The van der Waals surface area contributed by atoms with E-state index < -0.39 is 14.9 Å². The molecule has 1 aliphatic rings. The number of hydrogen-bond acceptors (Lipinski definition) is 2. The van der Waals surface area contributed by atoms with Gasteiger partial charge in [-0.1, -0.05) is 22.6 Å². The van der Waals surface area contributed by atoms with Gasteiger partial charge in [-0.2, -0.15) is 8.42 Å². The standard InChI is InChI=1S/C5H9IO3S/c6-4-3-5(1-2-5)10(7,8)9/h1-4H2,(H,7,8,9). The van der Waals surface area contributed by atoms with Crippen LogP contribution in [0.25, 0.3) is 0 Å². The summed E-state index contributed by atoms with van der Waals surface area (Å²) < 4.78 is 30.1. The lowest BCUT2D eigenvalue weighted by Crippen LogP contribution is -2.22. The molecular formula is C5H9IO3S. The molecule has 1 saturated carbocycles. The molecular weight excluding hydrogens is 267 g/mol. The van der Waals surface area contributed by atoms with Gasteiger partial charge in [0, 0.05) is 4.43 Å². The van der Waals surface area contributed by atoms with E-state index >= 15 is 0 Å². The molecule has 0 unspecified atom stereocenters. The molecule has 0 aromatic carbocycles. The van der Waals surface area contributed by atoms with Crippen LogP contribution in [-0.2, 0) is 10.1 Å². The average molecular weight is 276 g/mol. The van der Waals surface area contributed by atoms with Gasteiger partial charge in [0.25, 0.3) is 10.1 Å². The number of rotatable bonds is 3. The molecule has 1 rings (SSSR count). The summed E-state index contributed by atoms with van der Waals surface area (Å²) in [5, 5.41) is 0. The van der Waals surface area contributed by atoms with Crippen LogP contribution in [0.4, 0.5) is 0 Å². The maximum Gasteiger partial charge on any atom is 0.270 e. The van der Waals surface area contributed by atoms with E-state index in [-0.39, 0.29) is 0 Å². The Balaban J connectivity index is 2.71. The van der Waals surface area contributed by atoms with Crippen LogP contribution in [0.15, 0.2) is 0 Å². The fourth-order valence-corrected chi connectivity index (χ4v) is 3.33. The first-order valence-corrected chi connectivity index (χ1v) is 6.01. The predicted molar refractivity (Wildman–Crippen MR) is 47.0 cm³/mol. The van der Waals surface area contributed by atoms with Crippen molar-refractivity contribution >= 4 is 32.7 Å². The average Bonchev–Trinajstić information content (AvgIpc) is 2.45. The van der Waals surface area contributed by atoms with Crippen molar-refractivity contribution in [3.05, 3.63) is 0 Å². The zero-order valence-electron chi connectivity index (χ0n) is 5.38. The smallest absolute Gasteiger partial charge is 0.270 e. The van der Waals surface area contributed by atoms with Crippen molar-refractivity contribution in [1.82, 2.24) is 0 Å². The van der Waals surface area contributed by atoms with E-state index in [2.05, 4.69) is 22.6 Å². The summed E-state index contributed by atoms with van der Waals surface area (Å²) in [6, 6.07) is 0. The fraction of sp³-hybridized carbons (Fsp3) is 1.00. The Hall–Kier alpha value is 0.640. The number of hydrogen-bond donors (Lipinski definition) is 1. The molecule has 1 aliphatic carbocycles. The van der Waals surface area contributed by atoms with Gasteiger partial charge in [-0.3, -0.25) is 4.55 Å². The Kier molecular flexibility index (Phi) is 2.27. The Labute approximate surface area is 74.1 Å². The van der Waals surface area contributed by atoms with Crippen LogP contribution in [0.5, 0.6) is 0 Å². The maximum absolute atomic E-state index is 10.7. The highest BCUT2D eigenvalue weighted by atomic mass is 127. The van der Waals surface area contributed by atoms with E-state index in [1.807, 2.05) is 0 Å². The van der Waals surface area contributed by atoms with Gasteiger partial charge in [-0.05, 0) is 19.3 Å². The third kappa shape index (κ3) is 1.45. The molecule has 0 saturated heterocycles. The van der Waals surface area contributed by atoms with Crippen LogP contribution in [0.1, 0.15) is 19.3 Å². The molecule has 1 N–H and O–H groups in total. The van der Waals surface area contributed by atoms with E-state index in [4.69, 9.17) is 4.55 Å². The topological polar surface area (TPSA) is 54.4 Å². The van der Waals surface area contributed by atoms with Gasteiger partial charge in [0.2, 0.25) is 0 Å². The summed E-state index contributed by atoms with van der Waals surface area (Å²) >= 11 is 2.12. The van der Waals surface area contributed by atoms with Crippen molar-refractivity contribution in [2.75, 3.05) is 4.43 Å². The molecule has 0 amide bonds. The van der Waals surface area contributed by atoms with Gasteiger partial charge in [0.15, 0.2) is 0 Å². The third-order valence-corrected chi connectivity index (χ3v) is 4.15. The minimum absolute atomic E-state index is 0.590. The number of alkyl halides is 1. The molecule has 5 heteroatoms. The highest BCUT2D eigenvalue weighted by Gasteiger charge is 2.53. The van der Waals surface area contributed by atoms with Crippen LogP contribution in [0.3, 0.4) is 0 Å². The first-order valence-electron chi connectivity index (χ1n) is 3.05. The minimum atomic E-state index is -3.76. The van der Waals surface area contributed by atoms with Crippen LogP contribution < -0.4 is 0 Å². The first-order chi connectivity index (χ1) is 4.52. The Morgan fingerprint density at radius 1 is 1.50 bits per heavy atom. The van der Waals surface area contributed by atoms with Crippen LogP contribution in [0.2, 0.25) is 0 Å². The van der Waals surface area contributed by atoms with Crippen molar-refractivity contribution in [3.8, 4) is 0 Å². The van der Waals surface area contributed by atoms with E-state index in [0.29, 0.717) is 19.3 Å². The molecule has 60 valence electrons. The predicted octanol–water partition coefficient (Wildman–Crippen LogP) is 1.23. The maximum atomic E-state index is 10.7. The molecule has 0 spiro atoms. The van der Waals surface area contributed by atoms with Crippen molar-refractivity contribution in [2.24, 2.45) is 0 Å². The Bertz CT molecular complexity index is 217. The number of halogens is 1. The van der Waals surface area contributed by atoms with E-state index in [1.165, 1.54) is 0 Å². The van der Waals surface area contributed by atoms with Gasteiger partial charge in [-0.25, -0.2) is 0 Å². The summed E-state index contributed by atoms with van der Waals surface area (Å²) in [5.74, 6) is 0. The Morgan fingerprint density at radius 3 is 2.10 bits per heavy atom. The molecule has 0 aromatic heterocycles. The largest absolute Gasteiger partial charge is 0.285 e. The van der Waals surface area contributed by atoms with Gasteiger partial charge in [-0.15, -0.1) is 0 Å². The zero-order chi connectivity index (χ0) is 7.83. The second kappa shape index (κ2) is 2.60. The van der Waals surface area contributed by atoms with Gasteiger partial charge < -0.3 is 0 Å². The SMILES string of the molecule is O=S(=O)(O)C1(CCI)CC1. The quantitative estimate of drug-likeness (QED) is 0.479. The minimum Gasteiger partial charge on any atom is -0.285 e. The van der Waals surface area contributed by atoms with Crippen molar-refractivity contribution in [3.63, 3.8) is 0 Å². The van der Waals surface area contributed by atoms with Crippen molar-refractivity contribution < 1.29 is 13.0 Å². The summed E-state index contributed by atoms with van der Waals surface area (Å²) in [7, 11) is -3.76. The van der Waals surface area contributed by atoms with Gasteiger partial charge in [0.05, 0.1) is 4.75 Å². The molecule has 0 heterocycles. The van der Waals surface area contributed by atoms with Gasteiger partial charge >= 0.3 is 0 Å². The summed E-state index contributed by atoms with van der Waals surface area (Å²) in [5.41, 5.74) is 0. The van der Waals surface area contributed by atoms with Crippen LogP contribution >= 0.6 is 22.6 Å². The van der Waals surface area contributed by atoms with Crippen LogP contribution in [0, 0.1) is 0 Å². The molecule has 0 atom stereocenters. The second-order valence-corrected chi connectivity index (χ2v) is 5.49. The highest BCUT2D eigenvalue weighted by Crippen LogP contribution is 2.46. The summed E-state index contributed by atoms with van der Waals surface area (Å²) in [6.45, 7) is 0. The van der Waals surface area contributed by atoms with E-state index in [0.717, 1.165) is 4.43 Å². The molecule has 0 radical (unpaired) electrons. The molecule has 0 aromatic rings. The monoisotopic (exact) mass is 276 g/mol. The fourth-order valence-electron chi connectivity index (χ4n) is 0.949. The Morgan fingerprint density at radius 2 is 2.00 bits per heavy atom. The van der Waals surface area contributed by atoms with E-state index in [1.54, 1.807) is 0 Å². The van der Waals surface area contributed by atoms with Crippen LogP contribution in [-0.4, -0.2) is 22.1 Å². The summed E-state index contributed by atoms with van der Waals surface area (Å²) in [6.07, 6.45) is 1.86. The molecule has 1 fully saturated rings. The summed E-state index contributed by atoms with van der Waals surface area (Å²) in [4.78, 5) is 0. The lowest BCUT2D eigenvalue weighted by Gasteiger charge is -2.07. The van der Waals surface area contributed by atoms with Crippen molar-refractivity contribution in [2.45, 2.75) is 24.0 Å². The normalized spacial score (nSPS) is 22.6. The third-order valence-electron chi connectivity index (χ3n) is 1.90. The van der Waals surface area contributed by atoms with Crippen molar-refractivity contribution in [1.29, 1.82) is 0 Å². The molecule has 0 aliphatic heterocycles. The zero-order valence-corrected chi connectivity index (χ0v) is 8.35. The van der Waals surface area contributed by atoms with E-state index in [9.17, 15) is 8.42 Å². The first kappa shape index (κ1) is 8.73. The highest BCUT2D eigenvalue weighted by molar-refractivity contribution is 14.1. The molecule has 3 nitrogen and oxygen atoms in total. The molecule has 10 heavy (non-hydrogen) atoms. The lowest BCUT2D eigenvalue weighted by molar-refractivity contribution is 0.461.